The molecular weight excluding hydrogens is 154 g/mol. The van der Waals surface area contributed by atoms with Crippen molar-refractivity contribution in [2.75, 3.05) is 7.05 Å². The third-order valence-electron chi connectivity index (χ3n) is 2.57. The highest BCUT2D eigenvalue weighted by Crippen LogP contribution is 2.30. The molecule has 2 heterocycles. The second-order valence-electron chi connectivity index (χ2n) is 3.31. The van der Waals surface area contributed by atoms with Crippen LogP contribution in [0.2, 0.25) is 0 Å². The van der Waals surface area contributed by atoms with Gasteiger partial charge in [-0.15, -0.1) is 0 Å². The Balaban J connectivity index is 2.48. The van der Waals surface area contributed by atoms with Crippen LogP contribution in [-0.2, 0) is 6.54 Å². The monoisotopic (exact) mass is 167 g/mol. The SMILES string of the molecule is CCC1c2[nH][nH]c(=O)c2CN1C. The predicted molar refractivity (Wildman–Crippen MR) is 45.9 cm³/mol. The second kappa shape index (κ2) is 2.48. The Hall–Kier alpha value is -1.03. The van der Waals surface area contributed by atoms with Crippen molar-refractivity contribution >= 4 is 0 Å². The molecule has 0 radical (unpaired) electrons. The van der Waals surface area contributed by atoms with Crippen LogP contribution in [0.1, 0.15) is 30.6 Å². The first-order valence-electron chi connectivity index (χ1n) is 4.23. The van der Waals surface area contributed by atoms with Crippen LogP contribution in [0, 0.1) is 0 Å². The van der Waals surface area contributed by atoms with Crippen molar-refractivity contribution in [2.24, 2.45) is 0 Å². The van der Waals surface area contributed by atoms with Gasteiger partial charge in [-0.25, -0.2) is 0 Å². The minimum atomic E-state index is 0.0350. The standard InChI is InChI=1S/C8H13N3O/c1-3-6-7-5(4-11(6)2)8(12)10-9-7/h6H,3-4H2,1-2H3,(H2,9,10,12). The molecule has 2 N–H and O–H groups in total. The maximum atomic E-state index is 11.2. The number of aromatic amines is 2. The molecule has 4 nitrogen and oxygen atoms in total. The molecule has 4 heteroatoms. The van der Waals surface area contributed by atoms with E-state index in [2.05, 4.69) is 22.0 Å². The molecule has 2 rings (SSSR count). The molecule has 1 aromatic rings. The van der Waals surface area contributed by atoms with Crippen LogP contribution in [0.5, 0.6) is 0 Å². The van der Waals surface area contributed by atoms with Gasteiger partial charge < -0.3 is 5.10 Å². The summed E-state index contributed by atoms with van der Waals surface area (Å²) in [5.41, 5.74) is 2.02. The first kappa shape index (κ1) is 7.61. The summed E-state index contributed by atoms with van der Waals surface area (Å²) in [6.07, 6.45) is 1.04. The van der Waals surface area contributed by atoms with Crippen LogP contribution in [0.25, 0.3) is 0 Å². The van der Waals surface area contributed by atoms with E-state index >= 15 is 0 Å². The molecule has 0 spiro atoms. The number of rotatable bonds is 1. The van der Waals surface area contributed by atoms with Crippen molar-refractivity contribution in [2.45, 2.75) is 25.9 Å². The number of aromatic nitrogens is 2. The molecule has 12 heavy (non-hydrogen) atoms. The van der Waals surface area contributed by atoms with E-state index in [0.717, 1.165) is 24.2 Å². The fourth-order valence-corrected chi connectivity index (χ4v) is 1.93. The van der Waals surface area contributed by atoms with Gasteiger partial charge in [0.2, 0.25) is 0 Å². The second-order valence-corrected chi connectivity index (χ2v) is 3.31. The number of hydrogen-bond donors (Lipinski definition) is 2. The Morgan fingerprint density at radius 2 is 2.33 bits per heavy atom. The van der Waals surface area contributed by atoms with Gasteiger partial charge in [-0.2, -0.15) is 0 Å². The molecule has 1 aliphatic rings. The van der Waals surface area contributed by atoms with E-state index in [-0.39, 0.29) is 5.56 Å². The number of fused-ring (bicyclic) bond motifs is 1. The van der Waals surface area contributed by atoms with E-state index in [1.165, 1.54) is 0 Å². The average Bonchev–Trinajstić information content (AvgIpc) is 2.52. The molecule has 0 aromatic carbocycles. The molecule has 1 unspecified atom stereocenters. The molecule has 0 saturated heterocycles. The van der Waals surface area contributed by atoms with Crippen LogP contribution in [0.15, 0.2) is 4.79 Å². The summed E-state index contributed by atoms with van der Waals surface area (Å²) in [6, 6.07) is 0.388. The molecule has 1 aromatic heterocycles. The zero-order valence-corrected chi connectivity index (χ0v) is 7.35. The molecule has 0 bridgehead atoms. The third kappa shape index (κ3) is 0.845. The van der Waals surface area contributed by atoms with E-state index < -0.39 is 0 Å². The van der Waals surface area contributed by atoms with Crippen molar-refractivity contribution in [3.8, 4) is 0 Å². The van der Waals surface area contributed by atoms with Gasteiger partial charge in [-0.05, 0) is 13.5 Å². The van der Waals surface area contributed by atoms with Crippen LogP contribution in [-0.4, -0.2) is 22.1 Å². The molecule has 1 aliphatic heterocycles. The Kier molecular flexibility index (Phi) is 1.58. The number of hydrogen-bond acceptors (Lipinski definition) is 2. The molecule has 0 amide bonds. The summed E-state index contributed by atoms with van der Waals surface area (Å²) in [6.45, 7) is 2.90. The molecule has 0 aliphatic carbocycles. The van der Waals surface area contributed by atoms with Gasteiger partial charge in [0.15, 0.2) is 0 Å². The van der Waals surface area contributed by atoms with E-state index in [0.29, 0.717) is 6.04 Å². The summed E-state index contributed by atoms with van der Waals surface area (Å²) >= 11 is 0. The lowest BCUT2D eigenvalue weighted by molar-refractivity contribution is 0.257. The lowest BCUT2D eigenvalue weighted by atomic mass is 10.1. The highest BCUT2D eigenvalue weighted by Gasteiger charge is 2.29. The van der Waals surface area contributed by atoms with E-state index in [4.69, 9.17) is 0 Å². The van der Waals surface area contributed by atoms with Crippen molar-refractivity contribution in [1.82, 2.24) is 15.1 Å². The first-order valence-corrected chi connectivity index (χ1v) is 4.23. The summed E-state index contributed by atoms with van der Waals surface area (Å²) in [5, 5.41) is 5.55. The number of H-pyrrole nitrogens is 2. The topological polar surface area (TPSA) is 51.9 Å². The summed E-state index contributed by atoms with van der Waals surface area (Å²) in [7, 11) is 2.04. The molecule has 0 fully saturated rings. The smallest absolute Gasteiger partial charge is 0.268 e. The van der Waals surface area contributed by atoms with Gasteiger partial charge in [0.05, 0.1) is 17.3 Å². The lowest BCUT2D eigenvalue weighted by Crippen LogP contribution is -2.18. The number of nitrogens with zero attached hydrogens (tertiary/aromatic N) is 1. The van der Waals surface area contributed by atoms with E-state index in [1.54, 1.807) is 0 Å². The largest absolute Gasteiger partial charge is 0.300 e. The van der Waals surface area contributed by atoms with Gasteiger partial charge in [0, 0.05) is 6.54 Å². The lowest BCUT2D eigenvalue weighted by Gasteiger charge is -2.17. The van der Waals surface area contributed by atoms with Crippen molar-refractivity contribution in [1.29, 1.82) is 0 Å². The zero-order chi connectivity index (χ0) is 8.72. The van der Waals surface area contributed by atoms with Gasteiger partial charge in [-0.1, -0.05) is 6.92 Å². The van der Waals surface area contributed by atoms with Crippen LogP contribution < -0.4 is 5.56 Å². The molecule has 1 atom stereocenters. The van der Waals surface area contributed by atoms with Crippen molar-refractivity contribution in [3.63, 3.8) is 0 Å². The highest BCUT2D eigenvalue weighted by molar-refractivity contribution is 5.24. The van der Waals surface area contributed by atoms with Crippen LogP contribution in [0.4, 0.5) is 0 Å². The Bertz CT molecular complexity index is 338. The number of nitrogens with one attached hydrogen (secondary N) is 2. The zero-order valence-electron chi connectivity index (χ0n) is 7.35. The van der Waals surface area contributed by atoms with Gasteiger partial charge in [0.25, 0.3) is 5.56 Å². The van der Waals surface area contributed by atoms with Crippen LogP contribution in [0.3, 0.4) is 0 Å². The Morgan fingerprint density at radius 1 is 1.58 bits per heavy atom. The molecule has 0 saturated carbocycles. The van der Waals surface area contributed by atoms with Crippen molar-refractivity contribution < 1.29 is 0 Å². The first-order chi connectivity index (χ1) is 5.74. The Morgan fingerprint density at radius 3 is 3.00 bits per heavy atom. The van der Waals surface area contributed by atoms with Crippen molar-refractivity contribution in [3.05, 3.63) is 21.6 Å². The van der Waals surface area contributed by atoms with Crippen LogP contribution >= 0.6 is 0 Å². The summed E-state index contributed by atoms with van der Waals surface area (Å²) in [4.78, 5) is 13.4. The minimum Gasteiger partial charge on any atom is -0.300 e. The Labute approximate surface area is 70.6 Å². The van der Waals surface area contributed by atoms with E-state index in [1.807, 2.05) is 7.05 Å². The summed E-state index contributed by atoms with van der Waals surface area (Å²) < 4.78 is 0. The highest BCUT2D eigenvalue weighted by atomic mass is 16.1. The van der Waals surface area contributed by atoms with Gasteiger partial charge >= 0.3 is 0 Å². The van der Waals surface area contributed by atoms with Gasteiger partial charge in [0.1, 0.15) is 0 Å². The maximum Gasteiger partial charge on any atom is 0.268 e. The summed E-state index contributed by atoms with van der Waals surface area (Å²) in [5.74, 6) is 0. The maximum absolute atomic E-state index is 11.2. The fraction of sp³-hybridized carbons (Fsp3) is 0.625. The molecular formula is C8H13N3O. The fourth-order valence-electron chi connectivity index (χ4n) is 1.93. The average molecular weight is 167 g/mol. The molecule has 66 valence electrons. The third-order valence-corrected chi connectivity index (χ3v) is 2.57. The van der Waals surface area contributed by atoms with Gasteiger partial charge in [-0.3, -0.25) is 14.8 Å². The van der Waals surface area contributed by atoms with E-state index in [9.17, 15) is 4.79 Å². The predicted octanol–water partition coefficient (Wildman–Crippen LogP) is 0.600. The normalized spacial score (nSPS) is 23.0. The minimum absolute atomic E-state index is 0.0350. The quantitative estimate of drug-likeness (QED) is 0.643.